The fourth-order valence-electron chi connectivity index (χ4n) is 2.63. The smallest absolute Gasteiger partial charge is 0.226 e. The van der Waals surface area contributed by atoms with Crippen molar-refractivity contribution in [2.45, 2.75) is 31.7 Å². The van der Waals surface area contributed by atoms with Gasteiger partial charge in [-0.3, -0.25) is 14.7 Å². The number of aromatic nitrogens is 1. The predicted octanol–water partition coefficient (Wildman–Crippen LogP) is 0.587. The van der Waals surface area contributed by atoms with Crippen molar-refractivity contribution in [1.82, 2.24) is 15.2 Å². The molecule has 1 saturated heterocycles. The fourth-order valence-corrected chi connectivity index (χ4v) is 2.63. The van der Waals surface area contributed by atoms with Crippen LogP contribution in [0.15, 0.2) is 24.4 Å². The van der Waals surface area contributed by atoms with Crippen LogP contribution in [-0.4, -0.2) is 53.2 Å². The number of amides is 1. The molecular weight excluding hydrogens is 254 g/mol. The summed E-state index contributed by atoms with van der Waals surface area (Å²) in [5.74, 6) is 0.00116. The second kappa shape index (κ2) is 7.97. The van der Waals surface area contributed by atoms with Crippen molar-refractivity contribution >= 4 is 5.91 Å². The van der Waals surface area contributed by atoms with E-state index < -0.39 is 0 Å². The molecule has 0 aromatic carbocycles. The van der Waals surface area contributed by atoms with Crippen LogP contribution in [0.1, 0.15) is 25.0 Å². The number of nitrogens with zero attached hydrogens (tertiary/aromatic N) is 2. The molecule has 2 N–H and O–H groups in total. The first-order chi connectivity index (χ1) is 9.79. The SMILES string of the molecule is O=C(Cc1ccccn1)NCCN1CCCCC1CO. The molecule has 1 aromatic rings. The van der Waals surface area contributed by atoms with Gasteiger partial charge in [-0.15, -0.1) is 0 Å². The molecule has 1 aliphatic rings. The van der Waals surface area contributed by atoms with E-state index in [-0.39, 0.29) is 18.6 Å². The Morgan fingerprint density at radius 2 is 2.35 bits per heavy atom. The van der Waals surface area contributed by atoms with Crippen molar-refractivity contribution in [3.63, 3.8) is 0 Å². The number of likely N-dealkylation sites (tertiary alicyclic amines) is 1. The summed E-state index contributed by atoms with van der Waals surface area (Å²) in [6.45, 7) is 2.66. The first kappa shape index (κ1) is 14.9. The molecule has 1 aliphatic heterocycles. The zero-order chi connectivity index (χ0) is 14.2. The quantitative estimate of drug-likeness (QED) is 0.798. The maximum Gasteiger partial charge on any atom is 0.226 e. The summed E-state index contributed by atoms with van der Waals surface area (Å²) in [6.07, 6.45) is 5.44. The Morgan fingerprint density at radius 3 is 3.10 bits per heavy atom. The minimum Gasteiger partial charge on any atom is -0.395 e. The third-order valence-corrected chi connectivity index (χ3v) is 3.75. The van der Waals surface area contributed by atoms with E-state index in [2.05, 4.69) is 15.2 Å². The molecule has 1 unspecified atom stereocenters. The Labute approximate surface area is 120 Å². The predicted molar refractivity (Wildman–Crippen MR) is 77.2 cm³/mol. The summed E-state index contributed by atoms with van der Waals surface area (Å²) in [7, 11) is 0. The molecule has 0 aliphatic carbocycles. The molecule has 110 valence electrons. The second-order valence-electron chi connectivity index (χ2n) is 5.22. The van der Waals surface area contributed by atoms with Crippen LogP contribution in [0.25, 0.3) is 0 Å². The van der Waals surface area contributed by atoms with Gasteiger partial charge in [-0.1, -0.05) is 12.5 Å². The summed E-state index contributed by atoms with van der Waals surface area (Å²) >= 11 is 0. The van der Waals surface area contributed by atoms with Gasteiger partial charge in [-0.2, -0.15) is 0 Å². The van der Waals surface area contributed by atoms with E-state index in [1.165, 1.54) is 12.8 Å². The largest absolute Gasteiger partial charge is 0.395 e. The molecule has 1 atom stereocenters. The molecule has 0 bridgehead atoms. The zero-order valence-corrected chi connectivity index (χ0v) is 11.8. The maximum atomic E-state index is 11.8. The van der Waals surface area contributed by atoms with Crippen LogP contribution in [0.3, 0.4) is 0 Å². The molecule has 0 radical (unpaired) electrons. The van der Waals surface area contributed by atoms with Crippen molar-refractivity contribution in [3.8, 4) is 0 Å². The highest BCUT2D eigenvalue weighted by Crippen LogP contribution is 2.15. The number of aliphatic hydroxyl groups is 1. The molecule has 1 amide bonds. The number of carbonyl (C=O) groups is 1. The molecule has 1 fully saturated rings. The summed E-state index contributed by atoms with van der Waals surface area (Å²) in [5.41, 5.74) is 0.788. The number of hydrogen-bond acceptors (Lipinski definition) is 4. The summed E-state index contributed by atoms with van der Waals surface area (Å²) in [6, 6.07) is 5.84. The topological polar surface area (TPSA) is 65.5 Å². The normalized spacial score (nSPS) is 19.8. The number of pyridine rings is 1. The van der Waals surface area contributed by atoms with Crippen LogP contribution in [0.5, 0.6) is 0 Å². The average Bonchev–Trinajstić information content (AvgIpc) is 2.49. The van der Waals surface area contributed by atoms with Gasteiger partial charge in [0.25, 0.3) is 0 Å². The van der Waals surface area contributed by atoms with Gasteiger partial charge >= 0.3 is 0 Å². The molecule has 20 heavy (non-hydrogen) atoms. The first-order valence-electron chi connectivity index (χ1n) is 7.31. The van der Waals surface area contributed by atoms with Crippen LogP contribution >= 0.6 is 0 Å². The number of carbonyl (C=O) groups excluding carboxylic acids is 1. The Kier molecular flexibility index (Phi) is 5.95. The van der Waals surface area contributed by atoms with Gasteiger partial charge in [0.15, 0.2) is 0 Å². The van der Waals surface area contributed by atoms with Crippen LogP contribution < -0.4 is 5.32 Å². The van der Waals surface area contributed by atoms with Crippen molar-refractivity contribution in [2.75, 3.05) is 26.2 Å². The lowest BCUT2D eigenvalue weighted by molar-refractivity contribution is -0.120. The van der Waals surface area contributed by atoms with Gasteiger partial charge in [0.1, 0.15) is 0 Å². The minimum absolute atomic E-state index is 0.00116. The second-order valence-corrected chi connectivity index (χ2v) is 5.22. The van der Waals surface area contributed by atoms with Gasteiger partial charge in [0.2, 0.25) is 5.91 Å². The number of nitrogens with one attached hydrogen (secondary N) is 1. The summed E-state index contributed by atoms with van der Waals surface area (Å²) in [4.78, 5) is 18.2. The lowest BCUT2D eigenvalue weighted by Crippen LogP contribution is -2.45. The zero-order valence-electron chi connectivity index (χ0n) is 11.8. The fraction of sp³-hybridized carbons (Fsp3) is 0.600. The maximum absolute atomic E-state index is 11.8. The lowest BCUT2D eigenvalue weighted by atomic mass is 10.0. The van der Waals surface area contributed by atoms with E-state index >= 15 is 0 Å². The summed E-state index contributed by atoms with van der Waals surface area (Å²) in [5, 5.41) is 12.2. The standard InChI is InChI=1S/C15H23N3O2/c19-12-14-6-2-4-9-18(14)10-8-17-15(20)11-13-5-1-3-7-16-13/h1,3,5,7,14,19H,2,4,6,8-12H2,(H,17,20). The first-order valence-corrected chi connectivity index (χ1v) is 7.31. The lowest BCUT2D eigenvalue weighted by Gasteiger charge is -2.34. The van der Waals surface area contributed by atoms with Crippen LogP contribution in [0.2, 0.25) is 0 Å². The van der Waals surface area contributed by atoms with Crippen molar-refractivity contribution in [2.24, 2.45) is 0 Å². The molecule has 5 nitrogen and oxygen atoms in total. The molecule has 0 saturated carbocycles. The molecular formula is C15H23N3O2. The third-order valence-electron chi connectivity index (χ3n) is 3.75. The minimum atomic E-state index is 0.00116. The third kappa shape index (κ3) is 4.58. The van der Waals surface area contributed by atoms with Gasteiger partial charge in [0.05, 0.1) is 13.0 Å². The van der Waals surface area contributed by atoms with Crippen LogP contribution in [-0.2, 0) is 11.2 Å². The Morgan fingerprint density at radius 1 is 1.45 bits per heavy atom. The average molecular weight is 277 g/mol. The Hall–Kier alpha value is -1.46. The van der Waals surface area contributed by atoms with E-state index in [0.717, 1.165) is 25.2 Å². The van der Waals surface area contributed by atoms with Gasteiger partial charge in [0, 0.05) is 31.0 Å². The highest BCUT2D eigenvalue weighted by atomic mass is 16.3. The highest BCUT2D eigenvalue weighted by Gasteiger charge is 2.20. The Bertz CT molecular complexity index is 411. The molecule has 0 spiro atoms. The molecule has 2 heterocycles. The van der Waals surface area contributed by atoms with Crippen molar-refractivity contribution in [1.29, 1.82) is 0 Å². The van der Waals surface area contributed by atoms with E-state index in [1.807, 2.05) is 18.2 Å². The molecule has 1 aromatic heterocycles. The number of hydrogen-bond donors (Lipinski definition) is 2. The van der Waals surface area contributed by atoms with E-state index in [4.69, 9.17) is 0 Å². The van der Waals surface area contributed by atoms with E-state index in [1.54, 1.807) is 6.20 Å². The monoisotopic (exact) mass is 277 g/mol. The van der Waals surface area contributed by atoms with Gasteiger partial charge < -0.3 is 10.4 Å². The van der Waals surface area contributed by atoms with Crippen LogP contribution in [0.4, 0.5) is 0 Å². The van der Waals surface area contributed by atoms with Crippen LogP contribution in [0, 0.1) is 0 Å². The Balaban J connectivity index is 1.68. The number of piperidine rings is 1. The molecule has 2 rings (SSSR count). The van der Waals surface area contributed by atoms with E-state index in [0.29, 0.717) is 13.0 Å². The highest BCUT2D eigenvalue weighted by molar-refractivity contribution is 5.78. The van der Waals surface area contributed by atoms with Crippen molar-refractivity contribution < 1.29 is 9.90 Å². The van der Waals surface area contributed by atoms with Gasteiger partial charge in [-0.05, 0) is 31.5 Å². The van der Waals surface area contributed by atoms with Crippen molar-refractivity contribution in [3.05, 3.63) is 30.1 Å². The molecule has 5 heteroatoms. The number of aliphatic hydroxyl groups excluding tert-OH is 1. The van der Waals surface area contributed by atoms with E-state index in [9.17, 15) is 9.90 Å². The number of rotatable bonds is 6. The van der Waals surface area contributed by atoms with Gasteiger partial charge in [-0.25, -0.2) is 0 Å². The summed E-state index contributed by atoms with van der Waals surface area (Å²) < 4.78 is 0.